The van der Waals surface area contributed by atoms with Crippen LogP contribution in [0.5, 0.6) is 0 Å². The molecule has 0 atom stereocenters. The van der Waals surface area contributed by atoms with Gasteiger partial charge in [-0.3, -0.25) is 4.79 Å². The van der Waals surface area contributed by atoms with Gasteiger partial charge >= 0.3 is 12.0 Å². The Bertz CT molecular complexity index is 682. The Morgan fingerprint density at radius 2 is 1.68 bits per heavy atom. The molecule has 2 amide bonds. The van der Waals surface area contributed by atoms with Crippen molar-refractivity contribution in [3.8, 4) is 0 Å². The van der Waals surface area contributed by atoms with Gasteiger partial charge in [0, 0.05) is 12.2 Å². The summed E-state index contributed by atoms with van der Waals surface area (Å²) in [5.74, 6) is 0.137. The fourth-order valence-corrected chi connectivity index (χ4v) is 2.21. The molecular formula is C20H24N2O3. The highest BCUT2D eigenvalue weighted by Crippen LogP contribution is 2.15. The molecule has 0 radical (unpaired) electrons. The zero-order chi connectivity index (χ0) is 18.1. The van der Waals surface area contributed by atoms with E-state index in [1.807, 2.05) is 42.5 Å². The van der Waals surface area contributed by atoms with E-state index in [2.05, 4.69) is 24.5 Å². The maximum atomic E-state index is 11.7. The van der Waals surface area contributed by atoms with Crippen molar-refractivity contribution >= 4 is 17.7 Å². The number of benzene rings is 2. The second-order valence-electron chi connectivity index (χ2n) is 6.05. The van der Waals surface area contributed by atoms with Crippen molar-refractivity contribution in [1.29, 1.82) is 0 Å². The van der Waals surface area contributed by atoms with E-state index in [1.54, 1.807) is 12.1 Å². The molecule has 0 heterocycles. The van der Waals surface area contributed by atoms with Crippen LogP contribution in [0, 0.1) is 0 Å². The molecule has 0 saturated heterocycles. The van der Waals surface area contributed by atoms with Crippen molar-refractivity contribution in [2.75, 3.05) is 11.9 Å². The van der Waals surface area contributed by atoms with E-state index in [-0.39, 0.29) is 31.6 Å². The van der Waals surface area contributed by atoms with E-state index in [0.29, 0.717) is 11.6 Å². The molecule has 0 aliphatic carbocycles. The average Bonchev–Trinajstić information content (AvgIpc) is 2.61. The lowest BCUT2D eigenvalue weighted by Gasteiger charge is -2.09. The number of anilines is 1. The van der Waals surface area contributed by atoms with Gasteiger partial charge in [0.15, 0.2) is 0 Å². The summed E-state index contributed by atoms with van der Waals surface area (Å²) in [5.41, 5.74) is 2.91. The van der Waals surface area contributed by atoms with Crippen LogP contribution < -0.4 is 10.6 Å². The molecule has 5 heteroatoms. The maximum Gasteiger partial charge on any atom is 0.319 e. The van der Waals surface area contributed by atoms with Crippen molar-refractivity contribution < 1.29 is 14.3 Å². The van der Waals surface area contributed by atoms with Gasteiger partial charge in [0.1, 0.15) is 6.61 Å². The fraction of sp³-hybridized carbons (Fsp3) is 0.300. The van der Waals surface area contributed by atoms with E-state index in [0.717, 1.165) is 5.56 Å². The van der Waals surface area contributed by atoms with Crippen LogP contribution in [0.4, 0.5) is 10.5 Å². The second kappa shape index (κ2) is 9.47. The first-order valence-electron chi connectivity index (χ1n) is 8.39. The zero-order valence-corrected chi connectivity index (χ0v) is 14.6. The molecule has 0 bridgehead atoms. The highest BCUT2D eigenvalue weighted by atomic mass is 16.5. The first-order valence-corrected chi connectivity index (χ1v) is 8.39. The molecule has 2 N–H and O–H groups in total. The molecule has 0 aliphatic rings. The van der Waals surface area contributed by atoms with Crippen molar-refractivity contribution in [3.05, 3.63) is 65.7 Å². The molecule has 0 fully saturated rings. The third kappa shape index (κ3) is 6.67. The van der Waals surface area contributed by atoms with E-state index in [9.17, 15) is 9.59 Å². The lowest BCUT2D eigenvalue weighted by molar-refractivity contribution is -0.144. The molecule has 2 aromatic rings. The van der Waals surface area contributed by atoms with Crippen molar-refractivity contribution in [3.63, 3.8) is 0 Å². The Morgan fingerprint density at radius 3 is 2.32 bits per heavy atom. The largest absolute Gasteiger partial charge is 0.461 e. The topological polar surface area (TPSA) is 67.4 Å². The smallest absolute Gasteiger partial charge is 0.319 e. The normalized spacial score (nSPS) is 10.4. The Labute approximate surface area is 148 Å². The quantitative estimate of drug-likeness (QED) is 0.747. The third-order valence-corrected chi connectivity index (χ3v) is 3.69. The Morgan fingerprint density at radius 1 is 1.00 bits per heavy atom. The third-order valence-electron chi connectivity index (χ3n) is 3.69. The second-order valence-corrected chi connectivity index (χ2v) is 6.05. The van der Waals surface area contributed by atoms with E-state index in [1.165, 1.54) is 5.56 Å². The summed E-state index contributed by atoms with van der Waals surface area (Å²) < 4.78 is 5.22. The summed E-state index contributed by atoms with van der Waals surface area (Å²) in [6.07, 6.45) is 0.131. The maximum absolute atomic E-state index is 11.7. The minimum absolute atomic E-state index is 0.131. The number of carbonyl (C=O) groups is 2. The highest BCUT2D eigenvalue weighted by molar-refractivity contribution is 5.89. The molecule has 0 spiro atoms. The zero-order valence-electron chi connectivity index (χ0n) is 14.6. The predicted molar refractivity (Wildman–Crippen MR) is 98.4 cm³/mol. The van der Waals surface area contributed by atoms with Gasteiger partial charge in [-0.15, -0.1) is 0 Å². The molecule has 2 rings (SSSR count). The number of amides is 2. The molecular weight excluding hydrogens is 316 g/mol. The van der Waals surface area contributed by atoms with Crippen LogP contribution in [0.1, 0.15) is 37.3 Å². The summed E-state index contributed by atoms with van der Waals surface area (Å²) in [6.45, 7) is 4.74. The molecule has 0 unspecified atom stereocenters. The summed E-state index contributed by atoms with van der Waals surface area (Å²) in [4.78, 5) is 23.4. The molecule has 0 saturated carbocycles. The number of para-hydroxylation sites is 1. The van der Waals surface area contributed by atoms with E-state index >= 15 is 0 Å². The summed E-state index contributed by atoms with van der Waals surface area (Å²) in [6, 6.07) is 16.8. The van der Waals surface area contributed by atoms with Crippen LogP contribution >= 0.6 is 0 Å². The van der Waals surface area contributed by atoms with Gasteiger partial charge in [0.05, 0.1) is 6.42 Å². The molecule has 132 valence electrons. The first kappa shape index (κ1) is 18.5. The number of carbonyl (C=O) groups excluding carboxylic acids is 2. The highest BCUT2D eigenvalue weighted by Gasteiger charge is 2.06. The monoisotopic (exact) mass is 340 g/mol. The number of ether oxygens (including phenoxy) is 1. The van der Waals surface area contributed by atoms with Crippen LogP contribution in [0.3, 0.4) is 0 Å². The van der Waals surface area contributed by atoms with Gasteiger partial charge in [0.2, 0.25) is 0 Å². The fourth-order valence-electron chi connectivity index (χ4n) is 2.21. The van der Waals surface area contributed by atoms with Crippen LogP contribution in [0.2, 0.25) is 0 Å². The van der Waals surface area contributed by atoms with Gasteiger partial charge < -0.3 is 15.4 Å². The van der Waals surface area contributed by atoms with Gasteiger partial charge in [-0.25, -0.2) is 4.79 Å². The number of urea groups is 1. The Kier molecular flexibility index (Phi) is 7.01. The number of nitrogens with one attached hydrogen (secondary N) is 2. The lowest BCUT2D eigenvalue weighted by Crippen LogP contribution is -2.30. The van der Waals surface area contributed by atoms with Crippen LogP contribution in [0.25, 0.3) is 0 Å². The van der Waals surface area contributed by atoms with E-state index in [4.69, 9.17) is 4.74 Å². The minimum Gasteiger partial charge on any atom is -0.461 e. The summed E-state index contributed by atoms with van der Waals surface area (Å²) in [7, 11) is 0. The summed E-state index contributed by atoms with van der Waals surface area (Å²) in [5, 5.41) is 5.31. The first-order chi connectivity index (χ1) is 12.0. The number of esters is 1. The predicted octanol–water partition coefficient (Wildman–Crippen LogP) is 4.07. The Balaban J connectivity index is 1.64. The van der Waals surface area contributed by atoms with Crippen LogP contribution in [-0.4, -0.2) is 18.5 Å². The molecule has 0 aromatic heterocycles. The molecule has 25 heavy (non-hydrogen) atoms. The van der Waals surface area contributed by atoms with Crippen LogP contribution in [0.15, 0.2) is 54.6 Å². The van der Waals surface area contributed by atoms with Crippen molar-refractivity contribution in [1.82, 2.24) is 5.32 Å². The van der Waals surface area contributed by atoms with Gasteiger partial charge in [-0.2, -0.15) is 0 Å². The molecule has 2 aromatic carbocycles. The van der Waals surface area contributed by atoms with Gasteiger partial charge in [0.25, 0.3) is 0 Å². The average molecular weight is 340 g/mol. The molecule has 5 nitrogen and oxygen atoms in total. The van der Waals surface area contributed by atoms with Gasteiger partial charge in [-0.1, -0.05) is 56.3 Å². The van der Waals surface area contributed by atoms with Crippen molar-refractivity contribution in [2.45, 2.75) is 32.8 Å². The minimum atomic E-state index is -0.344. The summed E-state index contributed by atoms with van der Waals surface area (Å²) >= 11 is 0. The number of rotatable bonds is 7. The van der Waals surface area contributed by atoms with Crippen molar-refractivity contribution in [2.24, 2.45) is 0 Å². The van der Waals surface area contributed by atoms with Gasteiger partial charge in [-0.05, 0) is 29.2 Å². The van der Waals surface area contributed by atoms with Crippen LogP contribution in [-0.2, 0) is 16.1 Å². The number of hydrogen-bond donors (Lipinski definition) is 2. The van der Waals surface area contributed by atoms with E-state index < -0.39 is 0 Å². The lowest BCUT2D eigenvalue weighted by atomic mass is 10.0. The number of hydrogen-bond acceptors (Lipinski definition) is 3. The SMILES string of the molecule is CC(C)c1ccc(COC(=O)CCNC(=O)Nc2ccccc2)cc1. The Hall–Kier alpha value is -2.82. The standard InChI is InChI=1S/C20H24N2O3/c1-15(2)17-10-8-16(9-11-17)14-25-19(23)12-13-21-20(24)22-18-6-4-3-5-7-18/h3-11,15H,12-14H2,1-2H3,(H2,21,22,24). The molecule has 0 aliphatic heterocycles.